The van der Waals surface area contributed by atoms with E-state index in [2.05, 4.69) is 20.5 Å². The van der Waals surface area contributed by atoms with Crippen LogP contribution < -0.4 is 10.6 Å². The zero-order chi connectivity index (χ0) is 20.3. The number of halogens is 3. The number of thiocarbonyl (C=S) groups is 1. The van der Waals surface area contributed by atoms with Gasteiger partial charge in [-0.25, -0.2) is 4.98 Å². The molecule has 1 aliphatic rings. The quantitative estimate of drug-likeness (QED) is 0.700. The van der Waals surface area contributed by atoms with Crippen molar-refractivity contribution in [3.8, 4) is 0 Å². The van der Waals surface area contributed by atoms with Crippen molar-refractivity contribution in [3.05, 3.63) is 53.2 Å². The molecule has 0 radical (unpaired) electrons. The summed E-state index contributed by atoms with van der Waals surface area (Å²) >= 11 is 5.50. The van der Waals surface area contributed by atoms with Crippen molar-refractivity contribution < 1.29 is 13.2 Å². The van der Waals surface area contributed by atoms with E-state index in [4.69, 9.17) is 12.2 Å². The number of hydrogen-bond acceptors (Lipinski definition) is 3. The van der Waals surface area contributed by atoms with Crippen LogP contribution in [0.15, 0.2) is 36.4 Å². The third kappa shape index (κ3) is 5.34. The summed E-state index contributed by atoms with van der Waals surface area (Å²) < 4.78 is 38.6. The second-order valence-corrected chi connectivity index (χ2v) is 7.47. The van der Waals surface area contributed by atoms with Crippen LogP contribution in [0.1, 0.15) is 29.7 Å². The molecule has 150 valence electrons. The molecule has 0 bridgehead atoms. The van der Waals surface area contributed by atoms with Crippen LogP contribution in [0, 0.1) is 13.8 Å². The van der Waals surface area contributed by atoms with E-state index in [1.54, 1.807) is 6.07 Å². The van der Waals surface area contributed by atoms with Gasteiger partial charge in [-0.15, -0.1) is 0 Å². The van der Waals surface area contributed by atoms with Gasteiger partial charge in [-0.1, -0.05) is 6.07 Å². The molecular weight excluding hydrogens is 385 g/mol. The van der Waals surface area contributed by atoms with Crippen LogP contribution in [0.5, 0.6) is 0 Å². The predicted octanol–water partition coefficient (Wildman–Crippen LogP) is 4.99. The first kappa shape index (κ1) is 20.4. The minimum absolute atomic E-state index is 0.113. The molecule has 0 saturated carbocycles. The molecular formula is C20H23F3N4S. The first-order valence-corrected chi connectivity index (χ1v) is 9.56. The SMILES string of the molecule is Cc1cc(C)nc(NC(=S)N2CCC(Nc3cccc(C(F)(F)F)c3)CC2)c1. The summed E-state index contributed by atoms with van der Waals surface area (Å²) in [5, 5.41) is 7.02. The van der Waals surface area contributed by atoms with Crippen LogP contribution in [0.3, 0.4) is 0 Å². The molecule has 0 spiro atoms. The molecule has 2 aromatic rings. The molecule has 0 atom stereocenters. The molecule has 1 aliphatic heterocycles. The lowest BCUT2D eigenvalue weighted by molar-refractivity contribution is -0.137. The summed E-state index contributed by atoms with van der Waals surface area (Å²) in [5.41, 5.74) is 1.89. The Bertz CT molecular complexity index is 825. The van der Waals surface area contributed by atoms with E-state index in [9.17, 15) is 13.2 Å². The summed E-state index contributed by atoms with van der Waals surface area (Å²) in [6, 6.07) is 9.39. The third-order valence-electron chi connectivity index (χ3n) is 4.68. The van der Waals surface area contributed by atoms with Gasteiger partial charge in [0.2, 0.25) is 0 Å². The fourth-order valence-corrected chi connectivity index (χ4v) is 3.63. The summed E-state index contributed by atoms with van der Waals surface area (Å²) in [6.07, 6.45) is -2.75. The van der Waals surface area contributed by atoms with Gasteiger partial charge in [-0.2, -0.15) is 13.2 Å². The molecule has 1 aromatic carbocycles. The van der Waals surface area contributed by atoms with E-state index in [0.717, 1.165) is 55.1 Å². The molecule has 0 aliphatic carbocycles. The Kier molecular flexibility index (Phi) is 6.07. The Morgan fingerprint density at radius 1 is 1.14 bits per heavy atom. The van der Waals surface area contributed by atoms with Crippen LogP contribution in [0.25, 0.3) is 0 Å². The minimum atomic E-state index is -4.33. The van der Waals surface area contributed by atoms with Crippen molar-refractivity contribution in [2.75, 3.05) is 23.7 Å². The first-order chi connectivity index (χ1) is 13.2. The standard InChI is InChI=1S/C20H23F3N4S/c1-13-10-14(2)24-18(11-13)26-19(28)27-8-6-16(7-9-27)25-17-5-3-4-15(12-17)20(21,22)23/h3-5,10-12,16,25H,6-9H2,1-2H3,(H,24,26,28). The number of pyridine rings is 1. The first-order valence-electron chi connectivity index (χ1n) is 9.16. The fourth-order valence-electron chi connectivity index (χ4n) is 3.34. The Balaban J connectivity index is 1.53. The van der Waals surface area contributed by atoms with E-state index >= 15 is 0 Å². The van der Waals surface area contributed by atoms with Gasteiger partial charge in [-0.3, -0.25) is 0 Å². The van der Waals surface area contributed by atoms with Gasteiger partial charge in [0, 0.05) is 30.5 Å². The van der Waals surface area contributed by atoms with E-state index in [1.807, 2.05) is 26.0 Å². The maximum absolute atomic E-state index is 12.9. The van der Waals surface area contributed by atoms with Crippen LogP contribution >= 0.6 is 12.2 Å². The lowest BCUT2D eigenvalue weighted by Crippen LogP contribution is -2.44. The highest BCUT2D eigenvalue weighted by Crippen LogP contribution is 2.31. The monoisotopic (exact) mass is 408 g/mol. The summed E-state index contributed by atoms with van der Waals surface area (Å²) in [7, 11) is 0. The van der Waals surface area contributed by atoms with Gasteiger partial charge in [0.25, 0.3) is 0 Å². The Hall–Kier alpha value is -2.35. The second-order valence-electron chi connectivity index (χ2n) is 7.09. The van der Waals surface area contributed by atoms with Crippen LogP contribution in [0.2, 0.25) is 0 Å². The highest BCUT2D eigenvalue weighted by Gasteiger charge is 2.30. The van der Waals surface area contributed by atoms with Gasteiger partial charge in [0.1, 0.15) is 5.82 Å². The minimum Gasteiger partial charge on any atom is -0.382 e. The normalized spacial score (nSPS) is 15.4. The number of likely N-dealkylation sites (tertiary alicyclic amines) is 1. The predicted molar refractivity (Wildman–Crippen MR) is 110 cm³/mol. The zero-order valence-electron chi connectivity index (χ0n) is 15.8. The van der Waals surface area contributed by atoms with E-state index in [1.165, 1.54) is 6.07 Å². The molecule has 1 aromatic heterocycles. The van der Waals surface area contributed by atoms with Crippen LogP contribution in [-0.4, -0.2) is 34.1 Å². The third-order valence-corrected chi connectivity index (χ3v) is 5.04. The van der Waals surface area contributed by atoms with Crippen LogP contribution in [0.4, 0.5) is 24.7 Å². The highest BCUT2D eigenvalue weighted by molar-refractivity contribution is 7.80. The van der Waals surface area contributed by atoms with E-state index < -0.39 is 11.7 Å². The van der Waals surface area contributed by atoms with Gasteiger partial charge >= 0.3 is 6.18 Å². The average Bonchev–Trinajstić information content (AvgIpc) is 2.61. The molecule has 28 heavy (non-hydrogen) atoms. The Morgan fingerprint density at radius 2 is 1.86 bits per heavy atom. The van der Waals surface area contributed by atoms with Gasteiger partial charge in [0.15, 0.2) is 5.11 Å². The van der Waals surface area contributed by atoms with Crippen molar-refractivity contribution in [3.63, 3.8) is 0 Å². The van der Waals surface area contributed by atoms with Gasteiger partial charge in [0.05, 0.1) is 5.56 Å². The number of benzene rings is 1. The number of piperidine rings is 1. The van der Waals surface area contributed by atoms with E-state index in [-0.39, 0.29) is 6.04 Å². The topological polar surface area (TPSA) is 40.2 Å². The van der Waals surface area contributed by atoms with Crippen molar-refractivity contribution in [1.29, 1.82) is 0 Å². The summed E-state index contributed by atoms with van der Waals surface area (Å²) in [4.78, 5) is 6.51. The fraction of sp³-hybridized carbons (Fsp3) is 0.400. The lowest BCUT2D eigenvalue weighted by atomic mass is 10.0. The number of hydrogen-bond donors (Lipinski definition) is 2. The summed E-state index contributed by atoms with van der Waals surface area (Å²) in [5.74, 6) is 0.728. The Morgan fingerprint density at radius 3 is 2.50 bits per heavy atom. The van der Waals surface area contributed by atoms with Crippen molar-refractivity contribution >= 4 is 28.8 Å². The Labute approximate surface area is 168 Å². The molecule has 0 unspecified atom stereocenters. The number of alkyl halides is 3. The maximum atomic E-state index is 12.9. The van der Waals surface area contributed by atoms with Crippen molar-refractivity contribution in [2.45, 2.75) is 38.9 Å². The zero-order valence-corrected chi connectivity index (χ0v) is 16.6. The molecule has 1 fully saturated rings. The molecule has 4 nitrogen and oxygen atoms in total. The van der Waals surface area contributed by atoms with Crippen LogP contribution in [-0.2, 0) is 6.18 Å². The molecule has 3 rings (SSSR count). The average molecular weight is 408 g/mol. The number of rotatable bonds is 3. The number of anilines is 2. The lowest BCUT2D eigenvalue weighted by Gasteiger charge is -2.34. The largest absolute Gasteiger partial charge is 0.416 e. The number of aromatic nitrogens is 1. The smallest absolute Gasteiger partial charge is 0.382 e. The molecule has 2 heterocycles. The number of nitrogens with one attached hydrogen (secondary N) is 2. The van der Waals surface area contributed by atoms with Crippen molar-refractivity contribution in [1.82, 2.24) is 9.88 Å². The van der Waals surface area contributed by atoms with Gasteiger partial charge in [-0.05, 0) is 74.8 Å². The van der Waals surface area contributed by atoms with Gasteiger partial charge < -0.3 is 15.5 Å². The maximum Gasteiger partial charge on any atom is 0.416 e. The number of nitrogens with zero attached hydrogens (tertiary/aromatic N) is 2. The molecule has 0 amide bonds. The molecule has 8 heteroatoms. The van der Waals surface area contributed by atoms with E-state index in [0.29, 0.717) is 10.8 Å². The molecule has 1 saturated heterocycles. The molecule has 2 N–H and O–H groups in total. The summed E-state index contributed by atoms with van der Waals surface area (Å²) in [6.45, 7) is 5.40. The second kappa shape index (κ2) is 8.34. The van der Waals surface area contributed by atoms with Crippen molar-refractivity contribution in [2.24, 2.45) is 0 Å². The number of aryl methyl sites for hydroxylation is 2. The highest BCUT2D eigenvalue weighted by atomic mass is 32.1.